The van der Waals surface area contributed by atoms with Gasteiger partial charge in [-0.15, -0.1) is 11.8 Å². The lowest BCUT2D eigenvalue weighted by Gasteiger charge is -2.32. The van der Waals surface area contributed by atoms with Crippen molar-refractivity contribution in [1.29, 1.82) is 0 Å². The van der Waals surface area contributed by atoms with Crippen LogP contribution in [0, 0.1) is 0 Å². The van der Waals surface area contributed by atoms with Crippen molar-refractivity contribution < 1.29 is 0 Å². The summed E-state index contributed by atoms with van der Waals surface area (Å²) in [6, 6.07) is 6.72. The third kappa shape index (κ3) is 3.46. The highest BCUT2D eigenvalue weighted by molar-refractivity contribution is 7.99. The fourth-order valence-electron chi connectivity index (χ4n) is 2.64. The quantitative estimate of drug-likeness (QED) is 0.841. The highest BCUT2D eigenvalue weighted by Crippen LogP contribution is 2.35. The van der Waals surface area contributed by atoms with E-state index in [9.17, 15) is 0 Å². The van der Waals surface area contributed by atoms with E-state index in [1.807, 2.05) is 18.8 Å². The zero-order valence-corrected chi connectivity index (χ0v) is 13.2. The molecule has 0 saturated heterocycles. The molecule has 2 N–H and O–H groups in total. The van der Waals surface area contributed by atoms with Gasteiger partial charge in [-0.1, -0.05) is 26.7 Å². The third-order valence-corrected chi connectivity index (χ3v) is 5.60. The number of thioether (sulfide) groups is 1. The number of benzene rings is 1. The van der Waals surface area contributed by atoms with E-state index in [1.54, 1.807) is 0 Å². The van der Waals surface area contributed by atoms with Gasteiger partial charge in [-0.25, -0.2) is 0 Å². The van der Waals surface area contributed by atoms with Crippen molar-refractivity contribution in [2.45, 2.75) is 56.5 Å². The average molecular weight is 278 g/mol. The summed E-state index contributed by atoms with van der Waals surface area (Å²) in [7, 11) is 1.98. The van der Waals surface area contributed by atoms with Gasteiger partial charge in [0.1, 0.15) is 0 Å². The smallest absolute Gasteiger partial charge is 0.0341 e. The van der Waals surface area contributed by atoms with Crippen LogP contribution in [0.3, 0.4) is 0 Å². The van der Waals surface area contributed by atoms with Crippen LogP contribution in [0.5, 0.6) is 0 Å². The molecule has 3 heteroatoms. The number of unbranched alkanes of at least 4 members (excludes halogenated alkanes) is 1. The maximum atomic E-state index is 3.84. The lowest BCUT2D eigenvalue weighted by Crippen LogP contribution is -2.45. The summed E-state index contributed by atoms with van der Waals surface area (Å²) in [5.41, 5.74) is 2.96. The largest absolute Gasteiger partial charge is 0.388 e. The van der Waals surface area contributed by atoms with E-state index in [4.69, 9.17) is 0 Å². The number of fused-ring (bicyclic) bond motifs is 1. The van der Waals surface area contributed by atoms with Gasteiger partial charge >= 0.3 is 0 Å². The number of hydrogen-bond acceptors (Lipinski definition) is 3. The van der Waals surface area contributed by atoms with Gasteiger partial charge in [0.15, 0.2) is 0 Å². The van der Waals surface area contributed by atoms with Crippen LogP contribution in [0.2, 0.25) is 0 Å². The van der Waals surface area contributed by atoms with Crippen molar-refractivity contribution in [2.24, 2.45) is 0 Å². The average Bonchev–Trinajstić information content (AvgIpc) is 2.65. The second-order valence-corrected chi connectivity index (χ2v) is 6.47. The predicted octanol–water partition coefficient (Wildman–Crippen LogP) is 4.26. The Labute approximate surface area is 121 Å². The summed E-state index contributed by atoms with van der Waals surface area (Å²) in [6.45, 7) is 5.59. The van der Waals surface area contributed by atoms with E-state index in [0.717, 1.165) is 6.54 Å². The number of nitrogens with one attached hydrogen (secondary N) is 2. The van der Waals surface area contributed by atoms with Crippen LogP contribution in [0.25, 0.3) is 0 Å². The topological polar surface area (TPSA) is 24.1 Å². The molecule has 1 aromatic carbocycles. The molecule has 0 amide bonds. The Kier molecular flexibility index (Phi) is 5.17. The summed E-state index contributed by atoms with van der Waals surface area (Å²) in [4.78, 5) is 1.44. The molecule has 0 radical (unpaired) electrons. The number of anilines is 1. The van der Waals surface area contributed by atoms with Crippen LogP contribution in [-0.2, 0) is 6.54 Å². The maximum Gasteiger partial charge on any atom is 0.0341 e. The van der Waals surface area contributed by atoms with E-state index in [0.29, 0.717) is 5.54 Å². The van der Waals surface area contributed by atoms with Crippen molar-refractivity contribution in [3.05, 3.63) is 23.8 Å². The predicted molar refractivity (Wildman–Crippen MR) is 86.1 cm³/mol. The molecule has 0 aromatic heterocycles. The second kappa shape index (κ2) is 6.67. The van der Waals surface area contributed by atoms with Crippen LogP contribution in [0.1, 0.15) is 45.1 Å². The first-order valence-corrected chi connectivity index (χ1v) is 8.40. The van der Waals surface area contributed by atoms with Crippen molar-refractivity contribution in [3.8, 4) is 0 Å². The van der Waals surface area contributed by atoms with Crippen molar-refractivity contribution in [3.63, 3.8) is 0 Å². The summed E-state index contributed by atoms with van der Waals surface area (Å²) >= 11 is 2.02. The van der Waals surface area contributed by atoms with Crippen LogP contribution in [0.15, 0.2) is 23.1 Å². The summed E-state index contributed by atoms with van der Waals surface area (Å²) in [6.07, 6.45) is 5.11. The summed E-state index contributed by atoms with van der Waals surface area (Å²) in [5.74, 6) is 1.19. The summed E-state index contributed by atoms with van der Waals surface area (Å²) in [5, 5.41) is 7.07. The molecule has 0 bridgehead atoms. The zero-order valence-electron chi connectivity index (χ0n) is 12.4. The van der Waals surface area contributed by atoms with Gasteiger partial charge < -0.3 is 10.6 Å². The molecule has 19 heavy (non-hydrogen) atoms. The highest BCUT2D eigenvalue weighted by atomic mass is 32.2. The molecular weight excluding hydrogens is 252 g/mol. The minimum absolute atomic E-state index is 0.319. The van der Waals surface area contributed by atoms with E-state index in [1.165, 1.54) is 47.6 Å². The normalized spacial score (nSPS) is 22.7. The van der Waals surface area contributed by atoms with Crippen LogP contribution < -0.4 is 10.6 Å². The molecule has 2 nitrogen and oxygen atoms in total. The Balaban J connectivity index is 2.14. The van der Waals surface area contributed by atoms with Gasteiger partial charge in [0, 0.05) is 35.5 Å². The minimum Gasteiger partial charge on any atom is -0.388 e. The van der Waals surface area contributed by atoms with Gasteiger partial charge in [0.05, 0.1) is 0 Å². The monoisotopic (exact) mass is 278 g/mol. The molecule has 1 aliphatic heterocycles. The van der Waals surface area contributed by atoms with Gasteiger partial charge in [-0.2, -0.15) is 0 Å². The zero-order chi connectivity index (χ0) is 13.7. The molecule has 106 valence electrons. The Morgan fingerprint density at radius 2 is 2.21 bits per heavy atom. The molecule has 1 aromatic rings. The standard InChI is InChI=1S/C16H26N2S/c1-4-6-9-16(5-2)12-19-15-8-7-14(17-3)10-13(15)11-18-16/h7-8,10,17-18H,4-6,9,11-12H2,1-3H3/t16-/m1/s1. The van der Waals surface area contributed by atoms with Crippen molar-refractivity contribution >= 4 is 17.4 Å². The molecule has 0 saturated carbocycles. The van der Waals surface area contributed by atoms with E-state index in [2.05, 4.69) is 42.7 Å². The Bertz CT molecular complexity index is 419. The van der Waals surface area contributed by atoms with Crippen LogP contribution >= 0.6 is 11.8 Å². The molecule has 1 aliphatic rings. The lowest BCUT2D eigenvalue weighted by molar-refractivity contribution is 0.317. The fourth-order valence-corrected chi connectivity index (χ4v) is 4.01. The van der Waals surface area contributed by atoms with Crippen LogP contribution in [-0.4, -0.2) is 18.3 Å². The Morgan fingerprint density at radius 3 is 2.89 bits per heavy atom. The van der Waals surface area contributed by atoms with Crippen molar-refractivity contribution in [1.82, 2.24) is 5.32 Å². The maximum absolute atomic E-state index is 3.84. The number of rotatable bonds is 5. The molecule has 2 rings (SSSR count). The van der Waals surface area contributed by atoms with E-state index >= 15 is 0 Å². The van der Waals surface area contributed by atoms with E-state index < -0.39 is 0 Å². The Hall–Kier alpha value is -0.670. The van der Waals surface area contributed by atoms with Gasteiger partial charge in [-0.3, -0.25) is 0 Å². The molecule has 0 fully saturated rings. The SMILES string of the molecule is CCCC[C@]1(CC)CSc2ccc(NC)cc2CN1. The first-order chi connectivity index (χ1) is 9.23. The first-order valence-electron chi connectivity index (χ1n) is 7.41. The molecule has 0 spiro atoms. The first kappa shape index (κ1) is 14.7. The van der Waals surface area contributed by atoms with Gasteiger partial charge in [0.2, 0.25) is 0 Å². The molecule has 0 aliphatic carbocycles. The minimum atomic E-state index is 0.319. The lowest BCUT2D eigenvalue weighted by atomic mass is 9.91. The molecular formula is C16H26N2S. The summed E-state index contributed by atoms with van der Waals surface area (Å²) < 4.78 is 0. The number of hydrogen-bond donors (Lipinski definition) is 2. The third-order valence-electron chi connectivity index (χ3n) is 4.19. The van der Waals surface area contributed by atoms with Gasteiger partial charge in [-0.05, 0) is 36.6 Å². The van der Waals surface area contributed by atoms with Gasteiger partial charge in [0.25, 0.3) is 0 Å². The molecule has 1 atom stereocenters. The second-order valence-electron chi connectivity index (χ2n) is 5.45. The highest BCUT2D eigenvalue weighted by Gasteiger charge is 2.29. The van der Waals surface area contributed by atoms with Crippen molar-refractivity contribution in [2.75, 3.05) is 18.1 Å². The Morgan fingerprint density at radius 1 is 1.37 bits per heavy atom. The van der Waals surface area contributed by atoms with Crippen LogP contribution in [0.4, 0.5) is 5.69 Å². The fraction of sp³-hybridized carbons (Fsp3) is 0.625. The molecule has 0 unspecified atom stereocenters. The van der Waals surface area contributed by atoms with E-state index in [-0.39, 0.29) is 0 Å². The molecule has 1 heterocycles.